The van der Waals surface area contributed by atoms with Gasteiger partial charge in [0, 0.05) is 15.5 Å². The van der Waals surface area contributed by atoms with E-state index in [-0.39, 0.29) is 6.42 Å². The van der Waals surface area contributed by atoms with Gasteiger partial charge in [-0.1, -0.05) is 30.3 Å². The van der Waals surface area contributed by atoms with Crippen molar-refractivity contribution in [2.45, 2.75) is 26.7 Å². The van der Waals surface area contributed by atoms with Crippen LogP contribution >= 0.6 is 0 Å². The van der Waals surface area contributed by atoms with Crippen molar-refractivity contribution in [3.05, 3.63) is 83.4 Å². The fourth-order valence-corrected chi connectivity index (χ4v) is 4.11. The summed E-state index contributed by atoms with van der Waals surface area (Å²) in [6.45, 7) is 4.19. The molecule has 32 heavy (non-hydrogen) atoms. The molecule has 4 nitrogen and oxygen atoms in total. The Balaban J connectivity index is 1.66. The van der Waals surface area contributed by atoms with E-state index in [1.54, 1.807) is 7.11 Å². The van der Waals surface area contributed by atoms with Gasteiger partial charge in [0.15, 0.2) is 0 Å². The van der Waals surface area contributed by atoms with Crippen molar-refractivity contribution in [1.82, 2.24) is 4.98 Å². The zero-order valence-corrected chi connectivity index (χ0v) is 18.3. The lowest BCUT2D eigenvalue weighted by molar-refractivity contribution is -0.183. The number of aryl methyl sites for hydroxylation is 3. The summed E-state index contributed by atoms with van der Waals surface area (Å²) in [5.41, 5.74) is 8.38. The Morgan fingerprint density at radius 2 is 1.69 bits per heavy atom. The largest absolute Gasteiger partial charge is 0.497 e. The number of carbonyl (C=O) groups excluding carboxylic acids is 1. The number of ether oxygens (including phenoxy) is 1. The smallest absolute Gasteiger partial charge is 0.349 e. The molecule has 1 heterocycles. The monoisotopic (exact) mass is 429 g/mol. The molecule has 0 amide bonds. The summed E-state index contributed by atoms with van der Waals surface area (Å²) in [7, 11) is 1.68. The zero-order valence-electron chi connectivity index (χ0n) is 18.3. The maximum Gasteiger partial charge on any atom is 0.349 e. The lowest BCUT2D eigenvalue weighted by Crippen LogP contribution is -1.99. The minimum Gasteiger partial charge on any atom is -0.497 e. The lowest BCUT2D eigenvalue weighted by atomic mass is 9.93. The Kier molecular flexibility index (Phi) is 6.17. The topological polar surface area (TPSA) is 48.4 Å². The summed E-state index contributed by atoms with van der Waals surface area (Å²) in [6.07, 6.45) is 0.424. The average molecular weight is 429 g/mol. The predicted molar refractivity (Wildman–Crippen MR) is 124 cm³/mol. The van der Waals surface area contributed by atoms with Crippen molar-refractivity contribution in [1.29, 1.82) is 0 Å². The molecule has 0 N–H and O–H groups in total. The summed E-state index contributed by atoms with van der Waals surface area (Å²) < 4.78 is 17.3. The number of aromatic nitrogens is 1. The average Bonchev–Trinajstić information content (AvgIpc) is 2.81. The van der Waals surface area contributed by atoms with Crippen molar-refractivity contribution >= 4 is 16.9 Å². The first kappa shape index (κ1) is 21.5. The molecule has 3 aromatic carbocycles. The number of benzene rings is 3. The third kappa shape index (κ3) is 4.47. The molecule has 0 atom stereocenters. The molecule has 0 saturated carbocycles. The van der Waals surface area contributed by atoms with Gasteiger partial charge in [-0.25, -0.2) is 9.78 Å². The molecule has 4 aromatic rings. The highest BCUT2D eigenvalue weighted by atomic mass is 19.3. The predicted octanol–water partition coefficient (Wildman–Crippen LogP) is 6.55. The standard InChI is InChI=1S/C27H24FNO3/c1-17-13-23(31-3)14-18(2)27(17)22-6-4-5-20(16-22)25-11-9-21-15-19(7-10-24(21)29-25)8-12-26(30)32-28/h4-7,9-11,13-16H,8,12H2,1-3H3. The van der Waals surface area contributed by atoms with Crippen LogP contribution in [0.5, 0.6) is 5.75 Å². The first-order valence-electron chi connectivity index (χ1n) is 10.5. The van der Waals surface area contributed by atoms with Crippen molar-refractivity contribution in [2.75, 3.05) is 7.11 Å². The number of nitrogens with zero attached hydrogens (tertiary/aromatic N) is 1. The summed E-state index contributed by atoms with van der Waals surface area (Å²) >= 11 is 0. The molecule has 162 valence electrons. The molecular weight excluding hydrogens is 405 g/mol. The van der Waals surface area contributed by atoms with Crippen LogP contribution in [-0.4, -0.2) is 18.1 Å². The van der Waals surface area contributed by atoms with Crippen LogP contribution < -0.4 is 4.74 Å². The summed E-state index contributed by atoms with van der Waals surface area (Å²) in [6, 6.07) is 22.3. The maximum atomic E-state index is 11.9. The number of methoxy groups -OCH3 is 1. The van der Waals surface area contributed by atoms with Crippen LogP contribution in [0.2, 0.25) is 0 Å². The van der Waals surface area contributed by atoms with Crippen molar-refractivity contribution < 1.29 is 19.0 Å². The first-order valence-corrected chi connectivity index (χ1v) is 10.5. The van der Waals surface area contributed by atoms with E-state index >= 15 is 0 Å². The van der Waals surface area contributed by atoms with Gasteiger partial charge >= 0.3 is 5.97 Å². The minimum atomic E-state index is -0.860. The second-order valence-corrected chi connectivity index (χ2v) is 7.89. The van der Waals surface area contributed by atoms with E-state index in [9.17, 15) is 9.32 Å². The van der Waals surface area contributed by atoms with E-state index in [4.69, 9.17) is 9.72 Å². The highest BCUT2D eigenvalue weighted by Crippen LogP contribution is 2.33. The molecule has 0 bridgehead atoms. The number of hydrogen-bond acceptors (Lipinski definition) is 4. The van der Waals surface area contributed by atoms with Crippen LogP contribution in [0.3, 0.4) is 0 Å². The second-order valence-electron chi connectivity index (χ2n) is 7.89. The van der Waals surface area contributed by atoms with Gasteiger partial charge in [0.2, 0.25) is 0 Å². The highest BCUT2D eigenvalue weighted by Gasteiger charge is 2.11. The molecule has 0 radical (unpaired) electrons. The minimum absolute atomic E-state index is 0.00447. The molecule has 0 unspecified atom stereocenters. The second kappa shape index (κ2) is 9.18. The van der Waals surface area contributed by atoms with Gasteiger partial charge in [-0.15, -0.1) is 0 Å². The van der Waals surface area contributed by atoms with Crippen LogP contribution in [0.1, 0.15) is 23.1 Å². The molecule has 1 aromatic heterocycles. The van der Waals surface area contributed by atoms with E-state index in [0.29, 0.717) is 6.42 Å². The molecule has 0 saturated heterocycles. The molecule has 0 spiro atoms. The van der Waals surface area contributed by atoms with Gasteiger partial charge < -0.3 is 4.74 Å². The third-order valence-corrected chi connectivity index (χ3v) is 5.65. The van der Waals surface area contributed by atoms with Crippen LogP contribution in [0, 0.1) is 13.8 Å². The fourth-order valence-electron chi connectivity index (χ4n) is 4.11. The first-order chi connectivity index (χ1) is 15.5. The van der Waals surface area contributed by atoms with Gasteiger partial charge in [-0.2, -0.15) is 0 Å². The summed E-state index contributed by atoms with van der Waals surface area (Å²) in [4.78, 5) is 19.1. The zero-order chi connectivity index (χ0) is 22.7. The number of fused-ring (bicyclic) bond motifs is 1. The van der Waals surface area contributed by atoms with Gasteiger partial charge in [0.25, 0.3) is 0 Å². The maximum absolute atomic E-state index is 11.9. The van der Waals surface area contributed by atoms with Crippen LogP contribution in [0.15, 0.2) is 66.7 Å². The van der Waals surface area contributed by atoms with E-state index in [2.05, 4.69) is 37.0 Å². The quantitative estimate of drug-likeness (QED) is 0.348. The Morgan fingerprint density at radius 1 is 0.938 bits per heavy atom. The Hall–Kier alpha value is -3.73. The number of rotatable bonds is 6. The van der Waals surface area contributed by atoms with Gasteiger partial charge in [-0.3, -0.25) is 4.94 Å². The number of pyridine rings is 1. The Bertz CT molecular complexity index is 1280. The van der Waals surface area contributed by atoms with Crippen molar-refractivity contribution in [3.8, 4) is 28.1 Å². The Labute approximate surface area is 186 Å². The number of carbonyl (C=O) groups is 1. The SMILES string of the molecule is COc1cc(C)c(-c2cccc(-c3ccc4cc(CCC(=O)OF)ccc4n3)c2)c(C)c1. The molecule has 0 aliphatic carbocycles. The van der Waals surface area contributed by atoms with Crippen LogP contribution in [-0.2, 0) is 16.2 Å². The van der Waals surface area contributed by atoms with Gasteiger partial charge in [0.1, 0.15) is 5.75 Å². The van der Waals surface area contributed by atoms with E-state index < -0.39 is 5.97 Å². The normalized spacial score (nSPS) is 10.9. The van der Waals surface area contributed by atoms with Crippen molar-refractivity contribution in [3.63, 3.8) is 0 Å². The van der Waals surface area contributed by atoms with E-state index in [0.717, 1.165) is 50.2 Å². The van der Waals surface area contributed by atoms with E-state index in [1.807, 2.05) is 48.5 Å². The van der Waals surface area contributed by atoms with E-state index in [1.165, 1.54) is 5.56 Å². The lowest BCUT2D eigenvalue weighted by Gasteiger charge is -2.14. The molecule has 5 heteroatoms. The molecule has 0 aliphatic rings. The number of halogens is 1. The molecule has 0 fully saturated rings. The van der Waals surface area contributed by atoms with Gasteiger partial charge in [0.05, 0.1) is 24.7 Å². The summed E-state index contributed by atoms with van der Waals surface area (Å²) in [5, 5.41) is 0.970. The summed E-state index contributed by atoms with van der Waals surface area (Å²) in [5.74, 6) is -0.00200. The fraction of sp³-hybridized carbons (Fsp3) is 0.185. The van der Waals surface area contributed by atoms with Crippen LogP contribution in [0.4, 0.5) is 4.53 Å². The van der Waals surface area contributed by atoms with Crippen molar-refractivity contribution in [2.24, 2.45) is 0 Å². The van der Waals surface area contributed by atoms with Crippen LogP contribution in [0.25, 0.3) is 33.3 Å². The molecule has 0 aliphatic heterocycles. The highest BCUT2D eigenvalue weighted by molar-refractivity contribution is 5.83. The third-order valence-electron chi connectivity index (χ3n) is 5.65. The molecule has 4 rings (SSSR count). The number of hydrogen-bond donors (Lipinski definition) is 0. The molecular formula is C27H24FNO3. The Morgan fingerprint density at radius 3 is 2.41 bits per heavy atom. The van der Waals surface area contributed by atoms with Gasteiger partial charge in [-0.05, 0) is 84.5 Å².